The molecule has 1 radical (unpaired) electrons. The summed E-state index contributed by atoms with van der Waals surface area (Å²) in [4.78, 5) is 0. The van der Waals surface area contributed by atoms with Crippen LogP contribution in [0.4, 0.5) is 0 Å². The van der Waals surface area contributed by atoms with Crippen molar-refractivity contribution in [3.63, 3.8) is 0 Å². The molecule has 0 aromatic heterocycles. The fourth-order valence-corrected chi connectivity index (χ4v) is 1.98. The molecule has 0 atom stereocenters. The van der Waals surface area contributed by atoms with Crippen LogP contribution < -0.4 is 0 Å². The van der Waals surface area contributed by atoms with Crippen LogP contribution in [0, 0.1) is 5.41 Å². The molecular formula is C13H12BClNO. The summed E-state index contributed by atoms with van der Waals surface area (Å²) >= 11 is 5.80. The topological polar surface area (TPSA) is 44.1 Å². The highest BCUT2D eigenvalue weighted by Crippen LogP contribution is 2.29. The van der Waals surface area contributed by atoms with Crippen molar-refractivity contribution in [3.05, 3.63) is 51.5 Å². The zero-order valence-corrected chi connectivity index (χ0v) is 10.5. The van der Waals surface area contributed by atoms with Gasteiger partial charge >= 0.3 is 0 Å². The summed E-state index contributed by atoms with van der Waals surface area (Å²) in [5.41, 5.74) is 3.60. The molecule has 1 aromatic rings. The zero-order valence-electron chi connectivity index (χ0n) is 9.71. The molecule has 0 unspecified atom stereocenters. The van der Waals surface area contributed by atoms with E-state index in [1.165, 1.54) is 0 Å². The van der Waals surface area contributed by atoms with Crippen LogP contribution in [0.3, 0.4) is 0 Å². The summed E-state index contributed by atoms with van der Waals surface area (Å²) in [6.45, 7) is 3.85. The molecule has 4 heteroatoms. The molecule has 17 heavy (non-hydrogen) atoms. The molecule has 85 valence electrons. The van der Waals surface area contributed by atoms with Gasteiger partial charge in [0.15, 0.2) is 0 Å². The van der Waals surface area contributed by atoms with E-state index in [0.717, 1.165) is 11.0 Å². The quantitative estimate of drug-likeness (QED) is 0.575. The lowest BCUT2D eigenvalue weighted by Gasteiger charge is -2.07. The second-order valence-electron chi connectivity index (χ2n) is 4.10. The number of hydrogen-bond donors (Lipinski definition) is 2. The Labute approximate surface area is 106 Å². The number of rotatable bonds is 1. The van der Waals surface area contributed by atoms with Crippen LogP contribution in [0.2, 0.25) is 5.02 Å². The fraction of sp³-hybridized carbons (Fsp3) is 0.154. The molecule has 0 amide bonds. The van der Waals surface area contributed by atoms with E-state index >= 15 is 0 Å². The lowest BCUT2D eigenvalue weighted by atomic mass is 9.69. The Balaban J connectivity index is 2.52. The highest BCUT2D eigenvalue weighted by Gasteiger charge is 2.23. The lowest BCUT2D eigenvalue weighted by molar-refractivity contribution is 0.509. The first kappa shape index (κ1) is 12.0. The van der Waals surface area contributed by atoms with E-state index in [9.17, 15) is 5.11 Å². The van der Waals surface area contributed by atoms with Crippen LogP contribution >= 0.6 is 11.6 Å². The third-order valence-electron chi connectivity index (χ3n) is 2.95. The molecule has 1 aromatic carbocycles. The highest BCUT2D eigenvalue weighted by molar-refractivity contribution is 6.86. The van der Waals surface area contributed by atoms with E-state index in [0.29, 0.717) is 21.8 Å². The van der Waals surface area contributed by atoms with Crippen molar-refractivity contribution in [2.24, 2.45) is 0 Å². The monoisotopic (exact) mass is 244 g/mol. The molecular weight excluding hydrogens is 232 g/mol. The maximum Gasteiger partial charge on any atom is 0.211 e. The van der Waals surface area contributed by atoms with Gasteiger partial charge in [0, 0.05) is 21.8 Å². The van der Waals surface area contributed by atoms with E-state index in [1.54, 1.807) is 31.5 Å². The Morgan fingerprint density at radius 2 is 1.82 bits per heavy atom. The molecule has 0 spiro atoms. The van der Waals surface area contributed by atoms with E-state index < -0.39 is 0 Å². The SMILES string of the molecule is CC1=C(C)C(=C(O)c2ccc(Cl)cc2)C(=N)[B]1. The zero-order chi connectivity index (χ0) is 12.6. The standard InChI is InChI=1S/C13H12BClNO/c1-7-8(2)14-13(16)11(7)12(17)9-3-5-10(15)6-4-9/h3-6,16-17H,1-2H3. The second kappa shape index (κ2) is 4.42. The van der Waals surface area contributed by atoms with Crippen LogP contribution in [-0.4, -0.2) is 18.0 Å². The number of halogens is 1. The average Bonchev–Trinajstić information content (AvgIpc) is 2.53. The van der Waals surface area contributed by atoms with Crippen LogP contribution in [-0.2, 0) is 0 Å². The van der Waals surface area contributed by atoms with E-state index in [2.05, 4.69) is 0 Å². The van der Waals surface area contributed by atoms with Crippen molar-refractivity contribution in [1.82, 2.24) is 0 Å². The van der Waals surface area contributed by atoms with Crippen LogP contribution in [0.25, 0.3) is 5.76 Å². The molecule has 1 heterocycles. The lowest BCUT2D eigenvalue weighted by Crippen LogP contribution is -2.05. The minimum absolute atomic E-state index is 0.136. The largest absolute Gasteiger partial charge is 0.507 e. The Morgan fingerprint density at radius 3 is 2.29 bits per heavy atom. The van der Waals surface area contributed by atoms with Gasteiger partial charge in [-0.3, -0.25) is 0 Å². The summed E-state index contributed by atoms with van der Waals surface area (Å²) in [6.07, 6.45) is 0. The van der Waals surface area contributed by atoms with Gasteiger partial charge in [0.25, 0.3) is 0 Å². The van der Waals surface area contributed by atoms with Crippen LogP contribution in [0.15, 0.2) is 40.9 Å². The molecule has 1 aliphatic rings. The van der Waals surface area contributed by atoms with Gasteiger partial charge in [-0.05, 0) is 36.8 Å². The van der Waals surface area contributed by atoms with Crippen molar-refractivity contribution >= 4 is 30.3 Å². The van der Waals surface area contributed by atoms with Gasteiger partial charge in [-0.1, -0.05) is 24.0 Å². The summed E-state index contributed by atoms with van der Waals surface area (Å²) in [5.74, 6) is 0.136. The van der Waals surface area contributed by atoms with E-state index in [-0.39, 0.29) is 5.76 Å². The second-order valence-corrected chi connectivity index (χ2v) is 4.53. The Kier molecular flexibility index (Phi) is 3.12. The molecule has 0 bridgehead atoms. The highest BCUT2D eigenvalue weighted by atomic mass is 35.5. The molecule has 2 N–H and O–H groups in total. The predicted molar refractivity (Wildman–Crippen MR) is 72.9 cm³/mol. The number of nitrogens with one attached hydrogen (secondary N) is 1. The van der Waals surface area contributed by atoms with Gasteiger partial charge in [0.2, 0.25) is 7.28 Å². The molecule has 1 aliphatic heterocycles. The molecule has 0 aliphatic carbocycles. The predicted octanol–water partition coefficient (Wildman–Crippen LogP) is 3.60. The minimum atomic E-state index is 0.136. The Morgan fingerprint density at radius 1 is 1.24 bits per heavy atom. The molecule has 2 rings (SSSR count). The fourth-order valence-electron chi connectivity index (χ4n) is 1.85. The first-order valence-electron chi connectivity index (χ1n) is 5.31. The summed E-state index contributed by atoms with van der Waals surface area (Å²) in [5, 5.41) is 18.7. The average molecular weight is 245 g/mol. The maximum atomic E-state index is 10.2. The number of benzene rings is 1. The van der Waals surface area contributed by atoms with Gasteiger partial charge < -0.3 is 10.5 Å². The van der Waals surface area contributed by atoms with Gasteiger partial charge in [0.1, 0.15) is 5.76 Å². The molecule has 2 nitrogen and oxygen atoms in total. The third kappa shape index (κ3) is 2.15. The van der Waals surface area contributed by atoms with Gasteiger partial charge in [-0.2, -0.15) is 0 Å². The van der Waals surface area contributed by atoms with Gasteiger partial charge in [-0.25, -0.2) is 0 Å². The summed E-state index contributed by atoms with van der Waals surface area (Å²) in [6, 6.07) is 6.95. The molecule has 0 saturated carbocycles. The first-order valence-corrected chi connectivity index (χ1v) is 5.69. The Hall–Kier alpha value is -1.48. The summed E-state index contributed by atoms with van der Waals surface area (Å²) in [7, 11) is 1.76. The number of aliphatic hydroxyl groups excluding tert-OH is 1. The number of aliphatic hydroxyl groups is 1. The molecule has 0 saturated heterocycles. The van der Waals surface area contributed by atoms with Crippen LogP contribution in [0.1, 0.15) is 19.4 Å². The van der Waals surface area contributed by atoms with Crippen molar-refractivity contribution in [2.75, 3.05) is 0 Å². The number of hydrogen-bond acceptors (Lipinski definition) is 2. The van der Waals surface area contributed by atoms with Gasteiger partial charge in [-0.15, -0.1) is 0 Å². The summed E-state index contributed by atoms with van der Waals surface area (Å²) < 4.78 is 0. The third-order valence-corrected chi connectivity index (χ3v) is 3.20. The number of allylic oxidation sites excluding steroid dienone is 3. The smallest absolute Gasteiger partial charge is 0.211 e. The maximum absolute atomic E-state index is 10.2. The van der Waals surface area contributed by atoms with E-state index in [1.807, 2.05) is 13.8 Å². The van der Waals surface area contributed by atoms with Crippen LogP contribution in [0.5, 0.6) is 0 Å². The normalized spacial score (nSPS) is 18.4. The molecule has 0 fully saturated rings. The van der Waals surface area contributed by atoms with Gasteiger partial charge in [0.05, 0.1) is 0 Å². The van der Waals surface area contributed by atoms with E-state index in [4.69, 9.17) is 17.0 Å². The van der Waals surface area contributed by atoms with Crippen molar-refractivity contribution in [1.29, 1.82) is 5.41 Å². The Bertz CT molecular complexity index is 543. The van der Waals surface area contributed by atoms with Crippen molar-refractivity contribution < 1.29 is 5.11 Å². The van der Waals surface area contributed by atoms with Crippen molar-refractivity contribution in [3.8, 4) is 0 Å². The van der Waals surface area contributed by atoms with Crippen molar-refractivity contribution in [2.45, 2.75) is 13.8 Å². The minimum Gasteiger partial charge on any atom is -0.507 e. The first-order chi connectivity index (χ1) is 8.00.